The van der Waals surface area contributed by atoms with Crippen LogP contribution < -0.4 is 4.90 Å². The van der Waals surface area contributed by atoms with E-state index in [0.717, 1.165) is 34.8 Å². The molecule has 2 heterocycles. The third-order valence-electron chi connectivity index (χ3n) is 4.80. The maximum Gasteiger partial charge on any atom is 0.110 e. The third kappa shape index (κ3) is 3.08. The first-order valence-electron chi connectivity index (χ1n) is 8.67. The van der Waals surface area contributed by atoms with Crippen LogP contribution in [0.4, 0.5) is 5.00 Å². The van der Waals surface area contributed by atoms with Crippen molar-refractivity contribution in [3.8, 4) is 6.07 Å². The molecule has 1 atom stereocenters. The van der Waals surface area contributed by atoms with Gasteiger partial charge in [0.05, 0.1) is 18.8 Å². The Balaban J connectivity index is 1.74. The number of hydrogen-bond acceptors (Lipinski definition) is 5. The van der Waals surface area contributed by atoms with Gasteiger partial charge in [0.25, 0.3) is 0 Å². The normalized spacial score (nSPS) is 15.8. The van der Waals surface area contributed by atoms with Crippen molar-refractivity contribution in [3.05, 3.63) is 64.5 Å². The third-order valence-corrected chi connectivity index (χ3v) is 5.86. The topological polar surface area (TPSA) is 45.5 Å². The zero-order valence-corrected chi connectivity index (χ0v) is 15.5. The van der Waals surface area contributed by atoms with E-state index in [9.17, 15) is 5.26 Å². The molecular weight excluding hydrogens is 344 g/mol. The molecule has 26 heavy (non-hydrogen) atoms. The van der Waals surface area contributed by atoms with E-state index in [-0.39, 0.29) is 6.10 Å². The van der Waals surface area contributed by atoms with Crippen molar-refractivity contribution in [2.75, 3.05) is 38.3 Å². The molecule has 4 rings (SSSR count). The Kier molecular flexibility index (Phi) is 4.89. The zero-order valence-electron chi connectivity index (χ0n) is 14.6. The monoisotopic (exact) mass is 364 g/mol. The molecule has 1 saturated heterocycles. The Morgan fingerprint density at radius 1 is 1.15 bits per heavy atom. The molecule has 0 radical (unpaired) electrons. The van der Waals surface area contributed by atoms with Gasteiger partial charge in [-0.2, -0.15) is 5.26 Å². The summed E-state index contributed by atoms with van der Waals surface area (Å²) in [4.78, 5) is 2.24. The lowest BCUT2D eigenvalue weighted by Crippen LogP contribution is -2.36. The van der Waals surface area contributed by atoms with E-state index in [0.29, 0.717) is 13.2 Å². The molecule has 0 bridgehead atoms. The van der Waals surface area contributed by atoms with Crippen molar-refractivity contribution >= 4 is 27.1 Å². The van der Waals surface area contributed by atoms with Crippen LogP contribution in [0.2, 0.25) is 0 Å². The van der Waals surface area contributed by atoms with Crippen LogP contribution >= 0.6 is 11.3 Å². The van der Waals surface area contributed by atoms with Crippen molar-refractivity contribution in [3.63, 3.8) is 0 Å². The molecule has 3 aromatic rings. The van der Waals surface area contributed by atoms with Gasteiger partial charge in [-0.15, -0.1) is 11.3 Å². The first-order chi connectivity index (χ1) is 12.8. The van der Waals surface area contributed by atoms with E-state index < -0.39 is 0 Å². The molecule has 1 aliphatic rings. The van der Waals surface area contributed by atoms with Crippen molar-refractivity contribution in [1.29, 1.82) is 5.26 Å². The fourth-order valence-corrected chi connectivity index (χ4v) is 4.57. The summed E-state index contributed by atoms with van der Waals surface area (Å²) in [5, 5.41) is 15.3. The van der Waals surface area contributed by atoms with Gasteiger partial charge < -0.3 is 14.4 Å². The number of methoxy groups -OCH3 is 1. The summed E-state index contributed by atoms with van der Waals surface area (Å²) in [6.07, 6.45) is -0.250. The Labute approximate surface area is 157 Å². The van der Waals surface area contributed by atoms with Crippen molar-refractivity contribution in [2.45, 2.75) is 6.10 Å². The molecule has 0 aliphatic carbocycles. The van der Waals surface area contributed by atoms with Gasteiger partial charge in [-0.3, -0.25) is 0 Å². The Bertz CT molecular complexity index is 954. The number of anilines is 1. The van der Waals surface area contributed by atoms with Crippen LogP contribution in [-0.2, 0) is 9.47 Å². The van der Waals surface area contributed by atoms with Gasteiger partial charge >= 0.3 is 0 Å². The molecule has 0 N–H and O–H groups in total. The van der Waals surface area contributed by atoms with Gasteiger partial charge in [0.15, 0.2) is 0 Å². The van der Waals surface area contributed by atoms with Crippen molar-refractivity contribution < 1.29 is 9.47 Å². The fraction of sp³-hybridized carbons (Fsp3) is 0.286. The number of nitriles is 1. The zero-order chi connectivity index (χ0) is 17.9. The van der Waals surface area contributed by atoms with Crippen molar-refractivity contribution in [1.82, 2.24) is 0 Å². The minimum Gasteiger partial charge on any atom is -0.378 e. The second-order valence-electron chi connectivity index (χ2n) is 6.30. The minimum atomic E-state index is -0.250. The van der Waals surface area contributed by atoms with Crippen LogP contribution in [0.25, 0.3) is 10.8 Å². The largest absolute Gasteiger partial charge is 0.378 e. The summed E-state index contributed by atoms with van der Waals surface area (Å²) in [6.45, 7) is 3.05. The highest BCUT2D eigenvalue weighted by molar-refractivity contribution is 7.14. The summed E-state index contributed by atoms with van der Waals surface area (Å²) in [5.74, 6) is 0. The lowest BCUT2D eigenvalue weighted by molar-refractivity contribution is 0.123. The van der Waals surface area contributed by atoms with E-state index in [1.807, 2.05) is 12.1 Å². The van der Waals surface area contributed by atoms with Crippen LogP contribution in [0.1, 0.15) is 22.8 Å². The molecule has 4 nitrogen and oxygen atoms in total. The molecule has 0 saturated carbocycles. The molecular formula is C21H20N2O2S. The number of hydrogen-bond donors (Lipinski definition) is 0. The van der Waals surface area contributed by atoms with E-state index in [2.05, 4.69) is 46.7 Å². The van der Waals surface area contributed by atoms with E-state index in [4.69, 9.17) is 9.47 Å². The quantitative estimate of drug-likeness (QED) is 0.691. The smallest absolute Gasteiger partial charge is 0.110 e. The minimum absolute atomic E-state index is 0.250. The maximum absolute atomic E-state index is 9.83. The van der Waals surface area contributed by atoms with E-state index in [1.165, 1.54) is 10.8 Å². The summed E-state index contributed by atoms with van der Waals surface area (Å²) in [7, 11) is 1.70. The van der Waals surface area contributed by atoms with Crippen LogP contribution in [0.3, 0.4) is 0 Å². The van der Waals surface area contributed by atoms with Gasteiger partial charge in [0.1, 0.15) is 17.2 Å². The second-order valence-corrected chi connectivity index (χ2v) is 7.16. The molecule has 1 aromatic heterocycles. The SMILES string of the molecule is COC(c1ccc2ccccc2c1)c1csc(N2CCOCC2)c1C#N. The number of ether oxygens (including phenoxy) is 2. The first kappa shape index (κ1) is 17.0. The van der Waals surface area contributed by atoms with Crippen molar-refractivity contribution in [2.24, 2.45) is 0 Å². The number of morpholine rings is 1. The van der Waals surface area contributed by atoms with Gasteiger partial charge in [-0.1, -0.05) is 36.4 Å². The molecule has 132 valence electrons. The highest BCUT2D eigenvalue weighted by Gasteiger charge is 2.25. The lowest BCUT2D eigenvalue weighted by Gasteiger charge is -2.28. The molecule has 1 aliphatic heterocycles. The van der Waals surface area contributed by atoms with Gasteiger partial charge in [0.2, 0.25) is 0 Å². The standard InChI is InChI=1S/C21H20N2O2S/c1-24-20(17-7-6-15-4-2-3-5-16(15)12-17)19-14-26-21(18(19)13-22)23-8-10-25-11-9-23/h2-7,12,14,20H,8-11H2,1H3. The molecule has 5 heteroatoms. The van der Waals surface area contributed by atoms with Crippen LogP contribution in [0.5, 0.6) is 0 Å². The fourth-order valence-electron chi connectivity index (χ4n) is 3.48. The van der Waals surface area contributed by atoms with Crippen LogP contribution in [0.15, 0.2) is 47.8 Å². The molecule has 2 aromatic carbocycles. The summed E-state index contributed by atoms with van der Waals surface area (Å²) < 4.78 is 11.3. The second kappa shape index (κ2) is 7.46. The molecule has 1 fully saturated rings. The average molecular weight is 364 g/mol. The number of benzene rings is 2. The van der Waals surface area contributed by atoms with Crippen LogP contribution in [-0.4, -0.2) is 33.4 Å². The predicted octanol–water partition coefficient (Wildman–Crippen LogP) is 4.35. The molecule has 0 amide bonds. The lowest BCUT2D eigenvalue weighted by atomic mass is 9.97. The van der Waals surface area contributed by atoms with E-state index >= 15 is 0 Å². The first-order valence-corrected chi connectivity index (χ1v) is 9.55. The number of thiophene rings is 1. The summed E-state index contributed by atoms with van der Waals surface area (Å²) in [6, 6.07) is 17.0. The van der Waals surface area contributed by atoms with Crippen LogP contribution in [0, 0.1) is 11.3 Å². The van der Waals surface area contributed by atoms with Gasteiger partial charge in [0, 0.05) is 31.1 Å². The summed E-state index contributed by atoms with van der Waals surface area (Å²) >= 11 is 1.62. The Hall–Kier alpha value is -2.39. The number of nitrogens with zero attached hydrogens (tertiary/aromatic N) is 2. The number of fused-ring (bicyclic) bond motifs is 1. The molecule has 0 spiro atoms. The van der Waals surface area contributed by atoms with Gasteiger partial charge in [-0.25, -0.2) is 0 Å². The van der Waals surface area contributed by atoms with E-state index in [1.54, 1.807) is 18.4 Å². The predicted molar refractivity (Wildman–Crippen MR) is 105 cm³/mol. The highest BCUT2D eigenvalue weighted by atomic mass is 32.1. The molecule has 1 unspecified atom stereocenters. The highest BCUT2D eigenvalue weighted by Crippen LogP contribution is 2.39. The van der Waals surface area contributed by atoms with Gasteiger partial charge in [-0.05, 0) is 22.4 Å². The Morgan fingerprint density at radius 3 is 2.65 bits per heavy atom. The number of rotatable bonds is 4. The maximum atomic E-state index is 9.83. The average Bonchev–Trinajstić information content (AvgIpc) is 3.13. The summed E-state index contributed by atoms with van der Waals surface area (Å²) in [5.41, 5.74) is 2.72. The Morgan fingerprint density at radius 2 is 1.92 bits per heavy atom.